The highest BCUT2D eigenvalue weighted by atomic mass is 32.1. The third-order valence-corrected chi connectivity index (χ3v) is 6.54. The molecular formula is C25H24N6OS. The number of thiophene rings is 1. The number of nitrogens with one attached hydrogen (secondary N) is 1. The lowest BCUT2D eigenvalue weighted by atomic mass is 10.1. The zero-order valence-electron chi connectivity index (χ0n) is 18.3. The van der Waals surface area contributed by atoms with Gasteiger partial charge in [-0.05, 0) is 60.3 Å². The fourth-order valence-corrected chi connectivity index (χ4v) is 4.58. The SMILES string of the molecule is Cc1cccc(Nc2ccc(N3CCN(C(=O)c4ccc(-c5cccs5)cc4)CC3)nn2)n1. The van der Waals surface area contributed by atoms with Crippen molar-refractivity contribution in [1.29, 1.82) is 0 Å². The first kappa shape index (κ1) is 21.1. The third kappa shape index (κ3) is 4.85. The smallest absolute Gasteiger partial charge is 0.253 e. The van der Waals surface area contributed by atoms with Gasteiger partial charge in [0.05, 0.1) is 0 Å². The molecule has 1 N–H and O–H groups in total. The number of amides is 1. The Balaban J connectivity index is 1.17. The van der Waals surface area contributed by atoms with Crippen molar-refractivity contribution in [1.82, 2.24) is 20.1 Å². The standard InChI is InChI=1S/C25H24N6OS/c1-18-4-2-6-22(26-18)27-23-11-12-24(29-28-23)30-13-15-31(16-14-30)25(32)20-9-7-19(8-10-20)21-5-3-17-33-21/h2-12,17H,13-16H2,1H3,(H,26,27,28). The summed E-state index contributed by atoms with van der Waals surface area (Å²) in [4.78, 5) is 22.6. The Hall–Kier alpha value is -3.78. The third-order valence-electron chi connectivity index (χ3n) is 5.62. The summed E-state index contributed by atoms with van der Waals surface area (Å²) < 4.78 is 0. The molecule has 1 aliphatic heterocycles. The van der Waals surface area contributed by atoms with Crippen LogP contribution in [0.15, 0.2) is 72.1 Å². The minimum absolute atomic E-state index is 0.0728. The highest BCUT2D eigenvalue weighted by molar-refractivity contribution is 7.13. The van der Waals surface area contributed by atoms with Gasteiger partial charge in [-0.2, -0.15) is 0 Å². The number of aromatic nitrogens is 3. The van der Waals surface area contributed by atoms with Gasteiger partial charge in [-0.3, -0.25) is 4.79 Å². The summed E-state index contributed by atoms with van der Waals surface area (Å²) in [6.07, 6.45) is 0. The van der Waals surface area contributed by atoms with Gasteiger partial charge in [-0.25, -0.2) is 4.98 Å². The van der Waals surface area contributed by atoms with Crippen LogP contribution in [0.2, 0.25) is 0 Å². The zero-order chi connectivity index (χ0) is 22.6. The van der Waals surface area contributed by atoms with Crippen molar-refractivity contribution in [2.45, 2.75) is 6.92 Å². The van der Waals surface area contributed by atoms with Crippen molar-refractivity contribution in [3.05, 3.63) is 83.4 Å². The number of carbonyl (C=O) groups is 1. The lowest BCUT2D eigenvalue weighted by Crippen LogP contribution is -2.49. The van der Waals surface area contributed by atoms with Crippen LogP contribution in [0.1, 0.15) is 16.1 Å². The van der Waals surface area contributed by atoms with Gasteiger partial charge in [0.1, 0.15) is 5.82 Å². The number of piperazine rings is 1. The summed E-state index contributed by atoms with van der Waals surface area (Å²) in [5.74, 6) is 2.28. The first-order valence-corrected chi connectivity index (χ1v) is 11.8. The first-order chi connectivity index (χ1) is 16.2. The average molecular weight is 457 g/mol. The molecule has 0 atom stereocenters. The molecular weight excluding hydrogens is 432 g/mol. The number of aryl methyl sites for hydroxylation is 1. The molecule has 1 fully saturated rings. The molecule has 166 valence electrons. The number of benzene rings is 1. The molecule has 0 saturated carbocycles. The van der Waals surface area contributed by atoms with E-state index >= 15 is 0 Å². The minimum Gasteiger partial charge on any atom is -0.352 e. The molecule has 1 amide bonds. The van der Waals surface area contributed by atoms with Gasteiger partial charge in [-0.1, -0.05) is 24.3 Å². The van der Waals surface area contributed by atoms with Gasteiger partial charge in [0.2, 0.25) is 0 Å². The van der Waals surface area contributed by atoms with E-state index in [4.69, 9.17) is 0 Å². The predicted molar refractivity (Wildman–Crippen MR) is 132 cm³/mol. The molecule has 7 nitrogen and oxygen atoms in total. The molecule has 1 saturated heterocycles. The van der Waals surface area contributed by atoms with Crippen LogP contribution in [0.5, 0.6) is 0 Å². The Labute approximate surface area is 196 Å². The van der Waals surface area contributed by atoms with E-state index in [0.29, 0.717) is 18.9 Å². The van der Waals surface area contributed by atoms with E-state index in [1.54, 1.807) is 11.3 Å². The zero-order valence-corrected chi connectivity index (χ0v) is 19.1. The normalized spacial score (nSPS) is 13.7. The minimum atomic E-state index is 0.0728. The summed E-state index contributed by atoms with van der Waals surface area (Å²) >= 11 is 1.70. The first-order valence-electron chi connectivity index (χ1n) is 10.9. The molecule has 4 aromatic rings. The van der Waals surface area contributed by atoms with Gasteiger partial charge < -0.3 is 15.1 Å². The van der Waals surface area contributed by atoms with Crippen molar-refractivity contribution in [2.75, 3.05) is 36.4 Å². The highest BCUT2D eigenvalue weighted by Gasteiger charge is 2.23. The van der Waals surface area contributed by atoms with Crippen molar-refractivity contribution in [3.63, 3.8) is 0 Å². The number of nitrogens with zero attached hydrogens (tertiary/aromatic N) is 5. The van der Waals surface area contributed by atoms with Crippen LogP contribution in [0.25, 0.3) is 10.4 Å². The number of anilines is 3. The van der Waals surface area contributed by atoms with Crippen LogP contribution in [0, 0.1) is 6.92 Å². The highest BCUT2D eigenvalue weighted by Crippen LogP contribution is 2.25. The number of pyridine rings is 1. The molecule has 5 rings (SSSR count). The number of hydrogen-bond acceptors (Lipinski definition) is 7. The van der Waals surface area contributed by atoms with E-state index in [0.717, 1.165) is 41.5 Å². The molecule has 1 aromatic carbocycles. The maximum Gasteiger partial charge on any atom is 0.253 e. The summed E-state index contributed by atoms with van der Waals surface area (Å²) in [5.41, 5.74) is 2.81. The Morgan fingerprint density at radius 2 is 1.70 bits per heavy atom. The molecule has 4 heterocycles. The molecule has 33 heavy (non-hydrogen) atoms. The summed E-state index contributed by atoms with van der Waals surface area (Å²) in [5, 5.41) is 13.9. The Kier molecular flexibility index (Phi) is 5.99. The summed E-state index contributed by atoms with van der Waals surface area (Å²) in [6.45, 7) is 4.70. The average Bonchev–Trinajstić information content (AvgIpc) is 3.40. The molecule has 1 aliphatic rings. The number of hydrogen-bond donors (Lipinski definition) is 1. The van der Waals surface area contributed by atoms with Gasteiger partial charge >= 0.3 is 0 Å². The fourth-order valence-electron chi connectivity index (χ4n) is 3.85. The van der Waals surface area contributed by atoms with E-state index < -0.39 is 0 Å². The lowest BCUT2D eigenvalue weighted by Gasteiger charge is -2.35. The van der Waals surface area contributed by atoms with Gasteiger partial charge in [-0.15, -0.1) is 21.5 Å². The van der Waals surface area contributed by atoms with Crippen molar-refractivity contribution in [3.8, 4) is 10.4 Å². The van der Waals surface area contributed by atoms with E-state index in [2.05, 4.69) is 36.8 Å². The van der Waals surface area contributed by atoms with Gasteiger partial charge in [0.15, 0.2) is 11.6 Å². The van der Waals surface area contributed by atoms with Crippen molar-refractivity contribution >= 4 is 34.7 Å². The van der Waals surface area contributed by atoms with Crippen LogP contribution in [-0.4, -0.2) is 52.2 Å². The van der Waals surface area contributed by atoms with E-state index in [1.165, 1.54) is 4.88 Å². The summed E-state index contributed by atoms with van der Waals surface area (Å²) in [7, 11) is 0. The van der Waals surface area contributed by atoms with Crippen LogP contribution in [0.4, 0.5) is 17.5 Å². The molecule has 0 bridgehead atoms. The van der Waals surface area contributed by atoms with E-state index in [-0.39, 0.29) is 5.91 Å². The maximum absolute atomic E-state index is 13.0. The maximum atomic E-state index is 13.0. The van der Waals surface area contributed by atoms with Crippen molar-refractivity contribution < 1.29 is 4.79 Å². The number of carbonyl (C=O) groups excluding carboxylic acids is 1. The quantitative estimate of drug-likeness (QED) is 0.473. The Morgan fingerprint density at radius 1 is 0.879 bits per heavy atom. The predicted octanol–water partition coefficient (Wildman–Crippen LogP) is 4.61. The second-order valence-electron chi connectivity index (χ2n) is 7.90. The lowest BCUT2D eigenvalue weighted by molar-refractivity contribution is 0.0746. The van der Waals surface area contributed by atoms with Crippen LogP contribution >= 0.6 is 11.3 Å². The second kappa shape index (κ2) is 9.38. The largest absolute Gasteiger partial charge is 0.352 e. The fraction of sp³-hybridized carbons (Fsp3) is 0.200. The molecule has 8 heteroatoms. The van der Waals surface area contributed by atoms with Gasteiger partial charge in [0, 0.05) is 42.3 Å². The molecule has 3 aromatic heterocycles. The Bertz CT molecular complexity index is 1220. The monoisotopic (exact) mass is 456 g/mol. The molecule has 0 aliphatic carbocycles. The topological polar surface area (TPSA) is 74.2 Å². The summed E-state index contributed by atoms with van der Waals surface area (Å²) in [6, 6.07) is 21.7. The Morgan fingerprint density at radius 3 is 2.36 bits per heavy atom. The second-order valence-corrected chi connectivity index (χ2v) is 8.85. The van der Waals surface area contributed by atoms with E-state index in [9.17, 15) is 4.79 Å². The molecule has 0 spiro atoms. The molecule has 0 radical (unpaired) electrons. The van der Waals surface area contributed by atoms with Crippen LogP contribution in [-0.2, 0) is 0 Å². The molecule has 0 unspecified atom stereocenters. The number of rotatable bonds is 5. The van der Waals surface area contributed by atoms with Gasteiger partial charge in [0.25, 0.3) is 5.91 Å². The van der Waals surface area contributed by atoms with E-state index in [1.807, 2.05) is 72.5 Å². The van der Waals surface area contributed by atoms with Crippen molar-refractivity contribution in [2.24, 2.45) is 0 Å². The van der Waals surface area contributed by atoms with Crippen LogP contribution < -0.4 is 10.2 Å². The van der Waals surface area contributed by atoms with Crippen LogP contribution in [0.3, 0.4) is 0 Å².